The van der Waals surface area contributed by atoms with E-state index in [4.69, 9.17) is 17.0 Å². The van der Waals surface area contributed by atoms with Gasteiger partial charge in [0.05, 0.1) is 13.4 Å². The number of hydrogen-bond acceptors (Lipinski definition) is 5. The molecule has 1 saturated carbocycles. The molecule has 218 valence electrons. The van der Waals surface area contributed by atoms with Gasteiger partial charge in [0.25, 0.3) is 0 Å². The number of benzene rings is 1. The number of carbonyl (C=O) groups is 2. The monoisotopic (exact) mass is 567 g/mol. The van der Waals surface area contributed by atoms with Crippen molar-refractivity contribution >= 4 is 29.0 Å². The van der Waals surface area contributed by atoms with Crippen molar-refractivity contribution in [2.24, 2.45) is 11.3 Å². The first kappa shape index (κ1) is 30.0. The molecule has 2 fully saturated rings. The maximum atomic E-state index is 14.0. The Balaban J connectivity index is 1.43. The van der Waals surface area contributed by atoms with Crippen LogP contribution in [0.3, 0.4) is 0 Å². The van der Waals surface area contributed by atoms with Crippen molar-refractivity contribution in [1.82, 2.24) is 25.5 Å². The molecular weight excluding hydrogens is 522 g/mol. The fraction of sp³-hybridized carbons (Fsp3) is 0.613. The SMILES string of the molecule is CCCC(=O)C1(C2CCCCC2)CCN(C(=O)[C@@H](Cc2ccc(OC)cc2)NC(=S)NCCc2cnc[nH]2)CC1. The first-order chi connectivity index (χ1) is 19.4. The molecule has 2 heterocycles. The first-order valence-electron chi connectivity index (χ1n) is 14.9. The Morgan fingerprint density at radius 1 is 1.18 bits per heavy atom. The quantitative estimate of drug-likeness (QED) is 0.323. The predicted octanol–water partition coefficient (Wildman–Crippen LogP) is 4.59. The average Bonchev–Trinajstić information content (AvgIpc) is 3.51. The van der Waals surface area contributed by atoms with Gasteiger partial charge >= 0.3 is 0 Å². The van der Waals surface area contributed by atoms with Gasteiger partial charge in [0, 0.05) is 56.2 Å². The molecule has 4 rings (SSSR count). The van der Waals surface area contributed by atoms with E-state index in [-0.39, 0.29) is 11.3 Å². The Hall–Kier alpha value is -2.94. The number of H-pyrrole nitrogens is 1. The third-order valence-corrected chi connectivity index (χ3v) is 9.09. The summed E-state index contributed by atoms with van der Waals surface area (Å²) in [4.78, 5) is 36.6. The largest absolute Gasteiger partial charge is 0.497 e. The van der Waals surface area contributed by atoms with E-state index < -0.39 is 6.04 Å². The number of carbonyl (C=O) groups excluding carboxylic acids is 2. The lowest BCUT2D eigenvalue weighted by molar-refractivity contribution is -0.144. The number of aromatic nitrogens is 2. The number of aromatic amines is 1. The zero-order chi connectivity index (χ0) is 28.4. The van der Waals surface area contributed by atoms with Crippen LogP contribution in [0.25, 0.3) is 0 Å². The van der Waals surface area contributed by atoms with Gasteiger partial charge in [-0.25, -0.2) is 4.98 Å². The highest BCUT2D eigenvalue weighted by atomic mass is 32.1. The molecule has 1 atom stereocenters. The number of hydrogen-bond donors (Lipinski definition) is 3. The number of nitrogens with one attached hydrogen (secondary N) is 3. The highest BCUT2D eigenvalue weighted by Gasteiger charge is 2.47. The summed E-state index contributed by atoms with van der Waals surface area (Å²) < 4.78 is 5.31. The van der Waals surface area contributed by atoms with Gasteiger partial charge in [0.2, 0.25) is 5.91 Å². The highest BCUT2D eigenvalue weighted by molar-refractivity contribution is 7.80. The van der Waals surface area contributed by atoms with E-state index in [1.54, 1.807) is 19.6 Å². The van der Waals surface area contributed by atoms with E-state index in [1.807, 2.05) is 29.2 Å². The number of piperidine rings is 1. The van der Waals surface area contributed by atoms with Crippen molar-refractivity contribution in [1.29, 1.82) is 0 Å². The standard InChI is InChI=1S/C31H45N5O3S/c1-3-7-28(37)31(24-8-5-4-6-9-24)15-18-36(19-16-31)29(38)27(20-23-10-12-26(39-2)13-11-23)35-30(40)33-17-14-25-21-32-22-34-25/h10-13,21-22,24,27H,3-9,14-20H2,1-2H3,(H,32,34)(H2,33,35,40)/t27-/m1/s1. The normalized spacial score (nSPS) is 18.1. The molecule has 0 spiro atoms. The molecule has 1 amide bonds. The van der Waals surface area contributed by atoms with Crippen molar-refractivity contribution in [3.63, 3.8) is 0 Å². The van der Waals surface area contributed by atoms with Crippen LogP contribution in [0.15, 0.2) is 36.8 Å². The summed E-state index contributed by atoms with van der Waals surface area (Å²) >= 11 is 5.60. The minimum absolute atomic E-state index is 0.0359. The zero-order valence-electron chi connectivity index (χ0n) is 24.0. The summed E-state index contributed by atoms with van der Waals surface area (Å²) in [7, 11) is 1.64. The van der Waals surface area contributed by atoms with Crippen LogP contribution in [0.2, 0.25) is 0 Å². The summed E-state index contributed by atoms with van der Waals surface area (Å²) in [5.41, 5.74) is 1.78. The number of Topliss-reactive ketones (excluding diaryl/α,β-unsaturated/α-hetero) is 1. The lowest BCUT2D eigenvalue weighted by Crippen LogP contribution is -2.56. The van der Waals surface area contributed by atoms with Crippen LogP contribution < -0.4 is 15.4 Å². The molecule has 40 heavy (non-hydrogen) atoms. The number of amides is 1. The summed E-state index contributed by atoms with van der Waals surface area (Å²) in [6, 6.07) is 7.30. The molecule has 1 aliphatic heterocycles. The molecular formula is C31H45N5O3S. The molecule has 3 N–H and O–H groups in total. The highest BCUT2D eigenvalue weighted by Crippen LogP contribution is 2.47. The molecule has 1 aromatic heterocycles. The van der Waals surface area contributed by atoms with Crippen molar-refractivity contribution < 1.29 is 14.3 Å². The average molecular weight is 568 g/mol. The van der Waals surface area contributed by atoms with Crippen molar-refractivity contribution in [2.45, 2.75) is 83.6 Å². The van der Waals surface area contributed by atoms with Crippen molar-refractivity contribution in [3.8, 4) is 5.75 Å². The van der Waals surface area contributed by atoms with Gasteiger partial charge in [-0.1, -0.05) is 38.3 Å². The molecule has 0 radical (unpaired) electrons. The van der Waals surface area contributed by atoms with Gasteiger partial charge in [-0.2, -0.15) is 0 Å². The summed E-state index contributed by atoms with van der Waals surface area (Å²) in [5.74, 6) is 1.69. The Morgan fingerprint density at radius 3 is 2.52 bits per heavy atom. The molecule has 1 aliphatic carbocycles. The van der Waals surface area contributed by atoms with Crippen LogP contribution in [-0.4, -0.2) is 64.5 Å². The summed E-state index contributed by atoms with van der Waals surface area (Å²) in [6.07, 6.45) is 13.8. The summed E-state index contributed by atoms with van der Waals surface area (Å²) in [6.45, 7) is 3.95. The minimum Gasteiger partial charge on any atom is -0.497 e. The third kappa shape index (κ3) is 7.62. The number of rotatable bonds is 12. The van der Waals surface area contributed by atoms with Crippen molar-refractivity contribution in [3.05, 3.63) is 48.0 Å². The molecule has 2 aromatic rings. The second-order valence-corrected chi connectivity index (χ2v) is 11.7. The van der Waals surface area contributed by atoms with E-state index in [1.165, 1.54) is 19.3 Å². The second kappa shape index (κ2) is 14.6. The van der Waals surface area contributed by atoms with Crippen LogP contribution >= 0.6 is 12.2 Å². The van der Waals surface area contributed by atoms with Gasteiger partial charge in [0.15, 0.2) is 5.11 Å². The topological polar surface area (TPSA) is 99.3 Å². The maximum absolute atomic E-state index is 14.0. The van der Waals surface area contributed by atoms with E-state index in [2.05, 4.69) is 27.5 Å². The van der Waals surface area contributed by atoms with Crippen LogP contribution in [0, 0.1) is 11.3 Å². The molecule has 8 nitrogen and oxygen atoms in total. The molecule has 1 saturated heterocycles. The van der Waals surface area contributed by atoms with Gasteiger partial charge in [0.1, 0.15) is 17.6 Å². The Morgan fingerprint density at radius 2 is 1.90 bits per heavy atom. The Labute approximate surface area is 244 Å². The van der Waals surface area contributed by atoms with Gasteiger partial charge < -0.3 is 25.3 Å². The van der Waals surface area contributed by atoms with Crippen LogP contribution in [0.1, 0.15) is 76.0 Å². The van der Waals surface area contributed by atoms with Crippen LogP contribution in [0.4, 0.5) is 0 Å². The number of imidazole rings is 1. The van der Waals surface area contributed by atoms with E-state index in [9.17, 15) is 9.59 Å². The fourth-order valence-electron chi connectivity index (χ4n) is 6.53. The van der Waals surface area contributed by atoms with E-state index in [0.29, 0.717) is 49.3 Å². The number of methoxy groups -OCH3 is 1. The lowest BCUT2D eigenvalue weighted by atomic mass is 9.61. The Kier molecular flexibility index (Phi) is 11.0. The van der Waals surface area contributed by atoms with Crippen molar-refractivity contribution in [2.75, 3.05) is 26.7 Å². The Bertz CT molecular complexity index is 1090. The molecule has 0 bridgehead atoms. The van der Waals surface area contributed by atoms with Crippen LogP contribution in [-0.2, 0) is 22.4 Å². The third-order valence-electron chi connectivity index (χ3n) is 8.82. The maximum Gasteiger partial charge on any atom is 0.245 e. The smallest absolute Gasteiger partial charge is 0.245 e. The van der Waals surface area contributed by atoms with E-state index >= 15 is 0 Å². The number of nitrogens with zero attached hydrogens (tertiary/aromatic N) is 2. The van der Waals surface area contributed by atoms with Crippen LogP contribution in [0.5, 0.6) is 5.75 Å². The second-order valence-electron chi connectivity index (χ2n) is 11.3. The van der Waals surface area contributed by atoms with Gasteiger partial charge in [-0.15, -0.1) is 0 Å². The number of likely N-dealkylation sites (tertiary alicyclic amines) is 1. The molecule has 2 aliphatic rings. The minimum atomic E-state index is -0.505. The number of ether oxygens (including phenoxy) is 1. The fourth-order valence-corrected chi connectivity index (χ4v) is 6.78. The van der Waals surface area contributed by atoms with Gasteiger partial charge in [-0.05, 0) is 67.9 Å². The first-order valence-corrected chi connectivity index (χ1v) is 15.3. The summed E-state index contributed by atoms with van der Waals surface area (Å²) in [5, 5.41) is 7.00. The predicted molar refractivity (Wildman–Crippen MR) is 161 cm³/mol. The molecule has 9 heteroatoms. The zero-order valence-corrected chi connectivity index (χ0v) is 24.9. The van der Waals surface area contributed by atoms with Gasteiger partial charge in [-0.3, -0.25) is 9.59 Å². The number of thiocarbonyl (C=S) groups is 1. The lowest BCUT2D eigenvalue weighted by Gasteiger charge is -2.47. The molecule has 1 aromatic carbocycles. The number of ketones is 1. The molecule has 0 unspecified atom stereocenters. The van der Waals surface area contributed by atoms with E-state index in [0.717, 1.165) is 55.5 Å².